The molecule has 3 aromatic rings. The number of fused-ring (bicyclic) bond motifs is 1. The van der Waals surface area contributed by atoms with Gasteiger partial charge in [0.25, 0.3) is 0 Å². The van der Waals surface area contributed by atoms with Gasteiger partial charge in [0.05, 0.1) is 25.8 Å². The van der Waals surface area contributed by atoms with Crippen molar-refractivity contribution in [3.05, 3.63) is 101 Å². The number of nitrogens with one attached hydrogen (secondary N) is 1. The summed E-state index contributed by atoms with van der Waals surface area (Å²) in [7, 11) is 4.38. The summed E-state index contributed by atoms with van der Waals surface area (Å²) in [4.78, 5) is 73.4. The van der Waals surface area contributed by atoms with Crippen LogP contribution in [0.3, 0.4) is 0 Å². The maximum atomic E-state index is 15.2. The van der Waals surface area contributed by atoms with Crippen molar-refractivity contribution in [1.82, 2.24) is 20.0 Å². The molecule has 0 saturated heterocycles. The Balaban J connectivity index is 1.74. The molecule has 3 unspecified atom stereocenters. The van der Waals surface area contributed by atoms with E-state index in [1.165, 1.54) is 19.1 Å². The van der Waals surface area contributed by atoms with E-state index in [0.717, 1.165) is 22.3 Å². The molecule has 0 bridgehead atoms. The first-order valence-electron chi connectivity index (χ1n) is 18.5. The molecule has 0 aromatic heterocycles. The number of nitrogens with zero attached hydrogens (tertiary/aromatic N) is 3. The van der Waals surface area contributed by atoms with Crippen LogP contribution in [0.4, 0.5) is 4.79 Å². The van der Waals surface area contributed by atoms with E-state index >= 15 is 4.79 Å². The summed E-state index contributed by atoms with van der Waals surface area (Å²) < 4.78 is 15.9. The largest absolute Gasteiger partial charge is 0.497 e. The van der Waals surface area contributed by atoms with Gasteiger partial charge in [-0.3, -0.25) is 19.3 Å². The van der Waals surface area contributed by atoms with Gasteiger partial charge in [-0.1, -0.05) is 69.3 Å². The van der Waals surface area contributed by atoms with Gasteiger partial charge in [0.15, 0.2) is 0 Å². The zero-order valence-corrected chi connectivity index (χ0v) is 34.0. The van der Waals surface area contributed by atoms with Gasteiger partial charge >= 0.3 is 12.1 Å². The van der Waals surface area contributed by atoms with E-state index in [0.29, 0.717) is 11.3 Å². The van der Waals surface area contributed by atoms with E-state index < -0.39 is 59.1 Å². The van der Waals surface area contributed by atoms with Gasteiger partial charge in [-0.25, -0.2) is 9.59 Å². The van der Waals surface area contributed by atoms with Gasteiger partial charge in [0, 0.05) is 26.6 Å². The topological polar surface area (TPSA) is 135 Å². The van der Waals surface area contributed by atoms with Crippen molar-refractivity contribution >= 4 is 29.8 Å². The van der Waals surface area contributed by atoms with Crippen LogP contribution in [0.15, 0.2) is 72.8 Å². The van der Waals surface area contributed by atoms with Crippen molar-refractivity contribution in [3.8, 4) is 5.75 Å². The third-order valence-electron chi connectivity index (χ3n) is 9.91. The minimum atomic E-state index is -1.05. The van der Waals surface area contributed by atoms with Crippen LogP contribution in [0, 0.1) is 5.41 Å². The molecule has 0 spiro atoms. The predicted octanol–water partition coefficient (Wildman–Crippen LogP) is 6.31. The van der Waals surface area contributed by atoms with Crippen LogP contribution in [-0.2, 0) is 43.4 Å². The molecule has 0 saturated carbocycles. The number of carbonyl (C=O) groups is 5. The van der Waals surface area contributed by atoms with Gasteiger partial charge in [-0.05, 0) is 86.6 Å². The van der Waals surface area contributed by atoms with Crippen LogP contribution in [0.1, 0.15) is 94.0 Å². The summed E-state index contributed by atoms with van der Waals surface area (Å²) in [6.07, 6.45) is -0.413. The Morgan fingerprint density at radius 2 is 1.51 bits per heavy atom. The minimum absolute atomic E-state index is 0.149. The lowest BCUT2D eigenvalue weighted by Crippen LogP contribution is -2.62. The Hall–Kier alpha value is -5.39. The molecule has 1 aliphatic heterocycles. The van der Waals surface area contributed by atoms with Crippen LogP contribution in [-0.4, -0.2) is 89.5 Å². The van der Waals surface area contributed by atoms with Crippen LogP contribution < -0.4 is 10.1 Å². The lowest BCUT2D eigenvalue weighted by atomic mass is 9.84. The number of amides is 4. The Morgan fingerprint density at radius 1 is 0.873 bits per heavy atom. The van der Waals surface area contributed by atoms with E-state index in [9.17, 15) is 19.2 Å². The zero-order valence-electron chi connectivity index (χ0n) is 34.0. The number of hydrogen-bond acceptors (Lipinski definition) is 8. The zero-order chi connectivity index (χ0) is 40.8. The van der Waals surface area contributed by atoms with Crippen molar-refractivity contribution in [2.24, 2.45) is 5.41 Å². The predicted molar refractivity (Wildman–Crippen MR) is 209 cm³/mol. The Labute approximate surface area is 325 Å². The average molecular weight is 757 g/mol. The standard InChI is InChI=1S/C43H56N4O8/c1-27(31-17-14-18-34(23-31)53-10)46(25-29-19-21-30(22-20-29)40(51)54-11)38(49)35-24-32-15-12-13-16-33(32)26-47(35)39(50)36(42(3,4)5)44-37(48)28(2)45(9)41(52)55-43(6,7)8/h12-23,27-28,35-36H,24-26H2,1-11H3,(H,44,48)/t27-,28?,35?,36?/m1/s1. The summed E-state index contributed by atoms with van der Waals surface area (Å²) in [6, 6.07) is 18.7. The molecule has 4 atom stereocenters. The Morgan fingerprint density at radius 3 is 2.09 bits per heavy atom. The molecule has 1 aliphatic rings. The fourth-order valence-electron chi connectivity index (χ4n) is 6.46. The highest BCUT2D eigenvalue weighted by Crippen LogP contribution is 2.33. The molecule has 1 heterocycles. The molecule has 4 rings (SSSR count). The number of esters is 1. The van der Waals surface area contributed by atoms with Crippen LogP contribution >= 0.6 is 0 Å². The van der Waals surface area contributed by atoms with Gasteiger partial charge < -0.3 is 29.3 Å². The van der Waals surface area contributed by atoms with Crippen LogP contribution in [0.2, 0.25) is 0 Å². The lowest BCUT2D eigenvalue weighted by Gasteiger charge is -2.43. The highest BCUT2D eigenvalue weighted by molar-refractivity contribution is 5.95. The molecule has 1 N–H and O–H groups in total. The van der Waals surface area contributed by atoms with Crippen molar-refractivity contribution in [2.45, 2.75) is 105 Å². The normalized spacial score (nSPS) is 15.8. The summed E-state index contributed by atoms with van der Waals surface area (Å²) in [5, 5.41) is 2.93. The van der Waals surface area contributed by atoms with E-state index in [4.69, 9.17) is 14.2 Å². The summed E-state index contributed by atoms with van der Waals surface area (Å²) in [5.41, 5.74) is 2.29. The first-order chi connectivity index (χ1) is 25.7. The Bertz CT molecular complexity index is 1860. The lowest BCUT2D eigenvalue weighted by molar-refractivity contribution is -0.152. The van der Waals surface area contributed by atoms with Gasteiger partial charge in [0.2, 0.25) is 17.7 Å². The molecule has 0 fully saturated rings. The second kappa shape index (κ2) is 17.4. The van der Waals surface area contributed by atoms with E-state index in [1.807, 2.05) is 76.2 Å². The molecule has 0 radical (unpaired) electrons. The van der Waals surface area contributed by atoms with Crippen molar-refractivity contribution in [3.63, 3.8) is 0 Å². The molecular formula is C43H56N4O8. The number of benzene rings is 3. The number of carbonyl (C=O) groups excluding carboxylic acids is 5. The SMILES string of the molecule is COC(=O)c1ccc(CN(C(=O)C2Cc3ccccc3CN2C(=O)C(NC(=O)C(C)N(C)C(=O)OC(C)(C)C)C(C)(C)C)[C@H](C)c2cccc(OC)c2)cc1. The van der Waals surface area contributed by atoms with Crippen molar-refractivity contribution in [1.29, 1.82) is 0 Å². The molecular weight excluding hydrogens is 700 g/mol. The highest BCUT2D eigenvalue weighted by atomic mass is 16.6. The van der Waals surface area contributed by atoms with Gasteiger partial charge in [-0.15, -0.1) is 0 Å². The summed E-state index contributed by atoms with van der Waals surface area (Å²) in [6.45, 7) is 14.6. The quantitative estimate of drug-likeness (QED) is 0.225. The minimum Gasteiger partial charge on any atom is -0.497 e. The highest BCUT2D eigenvalue weighted by Gasteiger charge is 2.44. The summed E-state index contributed by atoms with van der Waals surface area (Å²) >= 11 is 0. The molecule has 12 heteroatoms. The molecule has 12 nitrogen and oxygen atoms in total. The third-order valence-corrected chi connectivity index (χ3v) is 9.91. The average Bonchev–Trinajstić information content (AvgIpc) is 3.15. The maximum Gasteiger partial charge on any atom is 0.410 e. The fourth-order valence-corrected chi connectivity index (χ4v) is 6.46. The molecule has 296 valence electrons. The van der Waals surface area contributed by atoms with Gasteiger partial charge in [-0.2, -0.15) is 0 Å². The third kappa shape index (κ3) is 10.4. The van der Waals surface area contributed by atoms with Gasteiger partial charge in [0.1, 0.15) is 29.5 Å². The number of methoxy groups -OCH3 is 2. The second-order valence-corrected chi connectivity index (χ2v) is 16.1. The number of rotatable bonds is 11. The summed E-state index contributed by atoms with van der Waals surface area (Å²) in [5.74, 6) is -1.07. The number of hydrogen-bond donors (Lipinski definition) is 1. The van der Waals surface area contributed by atoms with Crippen molar-refractivity contribution < 1.29 is 38.2 Å². The first kappa shape index (κ1) is 42.4. The monoisotopic (exact) mass is 756 g/mol. The van der Waals surface area contributed by atoms with E-state index in [-0.39, 0.29) is 25.4 Å². The van der Waals surface area contributed by atoms with Crippen LogP contribution in [0.25, 0.3) is 0 Å². The smallest absolute Gasteiger partial charge is 0.410 e. The van der Waals surface area contributed by atoms with Crippen molar-refractivity contribution in [2.75, 3.05) is 21.3 Å². The molecule has 55 heavy (non-hydrogen) atoms. The Kier molecular flexibility index (Phi) is 13.4. The second-order valence-electron chi connectivity index (χ2n) is 16.1. The van der Waals surface area contributed by atoms with E-state index in [1.54, 1.807) is 68.9 Å². The maximum absolute atomic E-state index is 15.2. The fraction of sp³-hybridized carbons (Fsp3) is 0.465. The molecule has 0 aliphatic carbocycles. The number of ether oxygens (including phenoxy) is 3. The number of likely N-dealkylation sites (N-methyl/N-ethyl adjacent to an activating group) is 1. The van der Waals surface area contributed by atoms with E-state index in [2.05, 4.69) is 5.32 Å². The molecule has 4 amide bonds. The molecule has 3 aromatic carbocycles. The first-order valence-corrected chi connectivity index (χ1v) is 18.5. The van der Waals surface area contributed by atoms with Crippen LogP contribution in [0.5, 0.6) is 5.75 Å².